The maximum Gasteiger partial charge on any atom is 0.259 e. The van der Waals surface area contributed by atoms with Crippen molar-refractivity contribution in [3.63, 3.8) is 0 Å². The molecule has 6 nitrogen and oxygen atoms in total. The minimum atomic E-state index is -0.265. The van der Waals surface area contributed by atoms with Gasteiger partial charge in [-0.15, -0.1) is 23.1 Å². The number of ether oxygens (including phenoxy) is 1. The van der Waals surface area contributed by atoms with E-state index in [2.05, 4.69) is 9.97 Å². The predicted molar refractivity (Wildman–Crippen MR) is 125 cm³/mol. The van der Waals surface area contributed by atoms with Gasteiger partial charge in [0, 0.05) is 16.9 Å². The van der Waals surface area contributed by atoms with Crippen LogP contribution in [0.2, 0.25) is 5.02 Å². The van der Waals surface area contributed by atoms with Crippen LogP contribution in [-0.2, 0) is 10.5 Å². The SMILES string of the molecule is Cc1sc2nc(CSC(C)C(=O)N(C)CCOc3ccc(Cl)cc3)[nH]c(=O)c2c1C. The number of carbonyl (C=O) groups is 1. The smallest absolute Gasteiger partial charge is 0.259 e. The van der Waals surface area contributed by atoms with Gasteiger partial charge in [0.2, 0.25) is 5.91 Å². The van der Waals surface area contributed by atoms with E-state index in [0.717, 1.165) is 15.3 Å². The minimum Gasteiger partial charge on any atom is -0.492 e. The van der Waals surface area contributed by atoms with Gasteiger partial charge in [0.25, 0.3) is 5.56 Å². The second kappa shape index (κ2) is 9.85. The molecular formula is C21H24ClN3O3S2. The summed E-state index contributed by atoms with van der Waals surface area (Å²) in [5, 5.41) is 1.05. The van der Waals surface area contributed by atoms with Gasteiger partial charge in [-0.1, -0.05) is 11.6 Å². The van der Waals surface area contributed by atoms with Crippen LogP contribution in [0.1, 0.15) is 23.2 Å². The van der Waals surface area contributed by atoms with Crippen LogP contribution in [0.5, 0.6) is 5.75 Å². The highest BCUT2D eigenvalue weighted by Gasteiger charge is 2.19. The van der Waals surface area contributed by atoms with Gasteiger partial charge < -0.3 is 14.6 Å². The van der Waals surface area contributed by atoms with Crippen molar-refractivity contribution < 1.29 is 9.53 Å². The van der Waals surface area contributed by atoms with Crippen molar-refractivity contribution in [2.45, 2.75) is 31.8 Å². The Morgan fingerprint density at radius 3 is 2.73 bits per heavy atom. The first-order chi connectivity index (χ1) is 14.3. The van der Waals surface area contributed by atoms with E-state index in [1.807, 2.05) is 20.8 Å². The van der Waals surface area contributed by atoms with E-state index in [9.17, 15) is 9.59 Å². The Morgan fingerprint density at radius 1 is 1.33 bits per heavy atom. The number of benzene rings is 1. The molecule has 3 aromatic rings. The Labute approximate surface area is 188 Å². The number of thioether (sulfide) groups is 1. The lowest BCUT2D eigenvalue weighted by Crippen LogP contribution is -2.36. The Morgan fingerprint density at radius 2 is 2.03 bits per heavy atom. The fraction of sp³-hybridized carbons (Fsp3) is 0.381. The van der Waals surface area contributed by atoms with Gasteiger partial charge in [0.05, 0.1) is 22.9 Å². The van der Waals surface area contributed by atoms with Crippen LogP contribution in [0.15, 0.2) is 29.1 Å². The van der Waals surface area contributed by atoms with Gasteiger partial charge >= 0.3 is 0 Å². The molecule has 0 saturated carbocycles. The van der Waals surface area contributed by atoms with Crippen molar-refractivity contribution in [1.29, 1.82) is 0 Å². The van der Waals surface area contributed by atoms with E-state index in [0.29, 0.717) is 40.9 Å². The lowest BCUT2D eigenvalue weighted by molar-refractivity contribution is -0.129. The molecule has 30 heavy (non-hydrogen) atoms. The normalized spacial score (nSPS) is 12.2. The summed E-state index contributed by atoms with van der Waals surface area (Å²) < 4.78 is 5.65. The fourth-order valence-corrected chi connectivity index (χ4v) is 4.94. The van der Waals surface area contributed by atoms with Crippen molar-refractivity contribution in [2.75, 3.05) is 20.2 Å². The maximum absolute atomic E-state index is 12.6. The van der Waals surface area contributed by atoms with Crippen molar-refractivity contribution in [3.05, 3.63) is 55.9 Å². The molecule has 2 heterocycles. The molecule has 0 spiro atoms. The molecule has 0 aliphatic rings. The zero-order chi connectivity index (χ0) is 21.8. The summed E-state index contributed by atoms with van der Waals surface area (Å²) in [4.78, 5) is 35.9. The molecule has 9 heteroatoms. The number of hydrogen-bond donors (Lipinski definition) is 1. The van der Waals surface area contributed by atoms with E-state index >= 15 is 0 Å². The molecule has 0 radical (unpaired) electrons. The number of carbonyl (C=O) groups excluding carboxylic acids is 1. The van der Waals surface area contributed by atoms with Crippen molar-refractivity contribution in [2.24, 2.45) is 0 Å². The summed E-state index contributed by atoms with van der Waals surface area (Å²) in [6.07, 6.45) is 0. The standard InChI is InChI=1S/C21H24ClN3O3S2/c1-12-13(2)30-20-18(12)19(26)23-17(24-20)11-29-14(3)21(27)25(4)9-10-28-16-7-5-15(22)6-8-16/h5-8,14H,9-11H2,1-4H3,(H,23,24,26). The highest BCUT2D eigenvalue weighted by atomic mass is 35.5. The molecular weight excluding hydrogens is 442 g/mol. The molecule has 0 bridgehead atoms. The third kappa shape index (κ3) is 5.36. The van der Waals surface area contributed by atoms with Crippen molar-refractivity contribution >= 4 is 50.8 Å². The van der Waals surface area contributed by atoms with Gasteiger partial charge in [0.15, 0.2) is 0 Å². The summed E-state index contributed by atoms with van der Waals surface area (Å²) in [6.45, 7) is 6.65. The summed E-state index contributed by atoms with van der Waals surface area (Å²) in [7, 11) is 1.76. The third-order valence-corrected chi connectivity index (χ3v) is 7.29. The minimum absolute atomic E-state index is 0.00550. The summed E-state index contributed by atoms with van der Waals surface area (Å²) >= 11 is 8.83. The zero-order valence-electron chi connectivity index (χ0n) is 17.3. The lowest BCUT2D eigenvalue weighted by Gasteiger charge is -2.21. The van der Waals surface area contributed by atoms with E-state index in [4.69, 9.17) is 16.3 Å². The molecule has 1 N–H and O–H groups in total. The molecule has 1 unspecified atom stereocenters. The van der Waals surface area contributed by atoms with Crippen LogP contribution in [0.4, 0.5) is 0 Å². The number of halogens is 1. The molecule has 1 atom stereocenters. The Hall–Kier alpha value is -2.03. The molecule has 0 fully saturated rings. The second-order valence-electron chi connectivity index (χ2n) is 6.99. The monoisotopic (exact) mass is 465 g/mol. The Kier molecular flexibility index (Phi) is 7.44. The number of aromatic amines is 1. The van der Waals surface area contributed by atoms with Crippen LogP contribution in [0.3, 0.4) is 0 Å². The average molecular weight is 466 g/mol. The Balaban J connectivity index is 1.51. The van der Waals surface area contributed by atoms with E-state index in [-0.39, 0.29) is 16.7 Å². The van der Waals surface area contributed by atoms with Crippen LogP contribution >= 0.6 is 34.7 Å². The molecule has 1 amide bonds. The molecule has 160 valence electrons. The largest absolute Gasteiger partial charge is 0.492 e. The fourth-order valence-electron chi connectivity index (χ4n) is 2.89. The molecule has 0 aliphatic carbocycles. The number of aromatic nitrogens is 2. The molecule has 0 aliphatic heterocycles. The van der Waals surface area contributed by atoms with E-state index < -0.39 is 0 Å². The molecule has 0 saturated heterocycles. The number of hydrogen-bond acceptors (Lipinski definition) is 6. The number of likely N-dealkylation sites (N-methyl/N-ethyl adjacent to an activating group) is 1. The van der Waals surface area contributed by atoms with Gasteiger partial charge in [-0.05, 0) is 50.6 Å². The lowest BCUT2D eigenvalue weighted by atomic mass is 10.2. The molecule has 1 aromatic carbocycles. The van der Waals surface area contributed by atoms with Gasteiger partial charge in [0.1, 0.15) is 23.0 Å². The van der Waals surface area contributed by atoms with Gasteiger partial charge in [-0.25, -0.2) is 4.98 Å². The summed E-state index contributed by atoms with van der Waals surface area (Å²) in [5.74, 6) is 1.77. The number of amides is 1. The van der Waals surface area contributed by atoms with Crippen LogP contribution in [0.25, 0.3) is 10.2 Å². The van der Waals surface area contributed by atoms with E-state index in [1.165, 1.54) is 23.1 Å². The zero-order valence-corrected chi connectivity index (χ0v) is 19.7. The van der Waals surface area contributed by atoms with Crippen molar-refractivity contribution in [1.82, 2.24) is 14.9 Å². The average Bonchev–Trinajstić information content (AvgIpc) is 3.01. The van der Waals surface area contributed by atoms with Gasteiger partial charge in [-0.3, -0.25) is 9.59 Å². The first kappa shape index (κ1) is 22.7. The number of fused-ring (bicyclic) bond motifs is 1. The Bertz CT molecular complexity index is 1100. The van der Waals surface area contributed by atoms with Crippen LogP contribution in [-0.4, -0.2) is 46.2 Å². The molecule has 3 rings (SSSR count). The first-order valence-corrected chi connectivity index (χ1v) is 11.7. The van der Waals surface area contributed by atoms with Crippen molar-refractivity contribution in [3.8, 4) is 5.75 Å². The topological polar surface area (TPSA) is 75.3 Å². The first-order valence-electron chi connectivity index (χ1n) is 9.50. The van der Waals surface area contributed by atoms with Crippen LogP contribution in [0, 0.1) is 13.8 Å². The second-order valence-corrected chi connectivity index (χ2v) is 9.96. The number of aryl methyl sites for hydroxylation is 2. The predicted octanol–water partition coefficient (Wildman–Crippen LogP) is 4.41. The number of nitrogens with zero attached hydrogens (tertiary/aromatic N) is 2. The quantitative estimate of drug-likeness (QED) is 0.533. The highest BCUT2D eigenvalue weighted by Crippen LogP contribution is 2.26. The third-order valence-electron chi connectivity index (χ3n) is 4.79. The number of thiophene rings is 1. The summed E-state index contributed by atoms with van der Waals surface area (Å²) in [6, 6.07) is 7.12. The molecule has 2 aromatic heterocycles. The summed E-state index contributed by atoms with van der Waals surface area (Å²) in [5.41, 5.74) is 0.863. The van der Waals surface area contributed by atoms with E-state index in [1.54, 1.807) is 36.2 Å². The maximum atomic E-state index is 12.6. The van der Waals surface area contributed by atoms with Crippen LogP contribution < -0.4 is 10.3 Å². The number of nitrogens with one attached hydrogen (secondary N) is 1. The number of rotatable bonds is 8. The number of H-pyrrole nitrogens is 1. The van der Waals surface area contributed by atoms with Gasteiger partial charge in [-0.2, -0.15) is 0 Å². The highest BCUT2D eigenvalue weighted by molar-refractivity contribution is 7.99.